The summed E-state index contributed by atoms with van der Waals surface area (Å²) >= 11 is 10.3. The van der Waals surface area contributed by atoms with Crippen molar-refractivity contribution in [1.29, 1.82) is 0 Å². The summed E-state index contributed by atoms with van der Waals surface area (Å²) in [5.74, 6) is -0.709. The Labute approximate surface area is 209 Å². The SMILES string of the molecule is O=C(c1ccccc1)c1cc(Br)ccc1NC(=O)C1CCCCN1S(=O)(=O)c1ccc(Cl)s1. The fraction of sp³-hybridized carbons (Fsp3) is 0.217. The van der Waals surface area contributed by atoms with Gasteiger partial charge in [-0.15, -0.1) is 11.3 Å². The summed E-state index contributed by atoms with van der Waals surface area (Å²) < 4.78 is 28.8. The van der Waals surface area contributed by atoms with Crippen LogP contribution in [0.4, 0.5) is 5.69 Å². The molecule has 1 unspecified atom stereocenters. The molecule has 4 rings (SSSR count). The lowest BCUT2D eigenvalue weighted by Gasteiger charge is -2.33. The van der Waals surface area contributed by atoms with Crippen LogP contribution in [0.15, 0.2) is 69.3 Å². The molecule has 6 nitrogen and oxygen atoms in total. The van der Waals surface area contributed by atoms with Crippen LogP contribution < -0.4 is 5.32 Å². The first kappa shape index (κ1) is 24.1. The van der Waals surface area contributed by atoms with Crippen molar-refractivity contribution in [2.75, 3.05) is 11.9 Å². The third kappa shape index (κ3) is 5.22. The van der Waals surface area contributed by atoms with Crippen molar-refractivity contribution in [1.82, 2.24) is 4.31 Å². The molecule has 1 aliphatic rings. The quantitative estimate of drug-likeness (QED) is 0.394. The van der Waals surface area contributed by atoms with Crippen molar-refractivity contribution in [2.24, 2.45) is 0 Å². The summed E-state index contributed by atoms with van der Waals surface area (Å²) in [5, 5.41) is 2.81. The molecule has 1 N–H and O–H groups in total. The largest absolute Gasteiger partial charge is 0.324 e. The lowest BCUT2D eigenvalue weighted by molar-refractivity contribution is -0.120. The van der Waals surface area contributed by atoms with E-state index in [2.05, 4.69) is 21.2 Å². The monoisotopic (exact) mass is 566 g/mol. The zero-order valence-electron chi connectivity index (χ0n) is 17.3. The van der Waals surface area contributed by atoms with E-state index in [0.717, 1.165) is 17.8 Å². The van der Waals surface area contributed by atoms with Crippen LogP contribution in [0.2, 0.25) is 4.34 Å². The molecule has 0 spiro atoms. The number of hydrogen-bond acceptors (Lipinski definition) is 5. The summed E-state index contributed by atoms with van der Waals surface area (Å²) in [5.41, 5.74) is 1.14. The van der Waals surface area contributed by atoms with Gasteiger partial charge in [0.2, 0.25) is 5.91 Å². The number of nitrogens with one attached hydrogen (secondary N) is 1. The van der Waals surface area contributed by atoms with Gasteiger partial charge in [-0.1, -0.05) is 64.3 Å². The number of nitrogens with zero attached hydrogens (tertiary/aromatic N) is 1. The molecule has 33 heavy (non-hydrogen) atoms. The molecule has 2 heterocycles. The van der Waals surface area contributed by atoms with Crippen LogP contribution in [0.5, 0.6) is 0 Å². The highest BCUT2D eigenvalue weighted by atomic mass is 79.9. The van der Waals surface area contributed by atoms with E-state index in [0.29, 0.717) is 38.5 Å². The van der Waals surface area contributed by atoms with E-state index in [1.54, 1.807) is 42.5 Å². The van der Waals surface area contributed by atoms with Gasteiger partial charge < -0.3 is 5.32 Å². The average Bonchev–Trinajstić information content (AvgIpc) is 3.27. The maximum absolute atomic E-state index is 13.3. The number of halogens is 2. The standard InChI is InChI=1S/C23H20BrClN2O4S2/c24-16-9-10-18(17(14-16)22(28)15-6-2-1-3-7-15)26-23(29)19-8-4-5-13-27(19)33(30,31)21-12-11-20(25)32-21/h1-3,6-7,9-12,14,19H,4-5,8,13H2,(H,26,29). The molecule has 1 fully saturated rings. The Morgan fingerprint density at radius 2 is 1.82 bits per heavy atom. The second kappa shape index (κ2) is 10.1. The van der Waals surface area contributed by atoms with Crippen molar-refractivity contribution < 1.29 is 18.0 Å². The van der Waals surface area contributed by atoms with Crippen LogP contribution in [0.25, 0.3) is 0 Å². The number of thiophene rings is 1. The molecule has 0 saturated carbocycles. The van der Waals surface area contributed by atoms with Gasteiger partial charge in [0.1, 0.15) is 10.3 Å². The number of piperidine rings is 1. The fourth-order valence-electron chi connectivity index (χ4n) is 3.78. The molecule has 172 valence electrons. The number of anilines is 1. The molecule has 10 heteroatoms. The van der Waals surface area contributed by atoms with Gasteiger partial charge in [-0.25, -0.2) is 8.42 Å². The Morgan fingerprint density at radius 1 is 1.06 bits per heavy atom. The highest BCUT2D eigenvalue weighted by Gasteiger charge is 2.38. The highest BCUT2D eigenvalue weighted by molar-refractivity contribution is 9.10. The number of sulfonamides is 1. The second-order valence-corrected chi connectivity index (χ2v) is 12.3. The Hall–Kier alpha value is -2.04. The lowest BCUT2D eigenvalue weighted by atomic mass is 10.0. The fourth-order valence-corrected chi connectivity index (χ4v) is 7.41. The summed E-state index contributed by atoms with van der Waals surface area (Å²) in [6, 6.07) is 15.9. The number of benzene rings is 2. The van der Waals surface area contributed by atoms with E-state index >= 15 is 0 Å². The molecule has 1 atom stereocenters. The van der Waals surface area contributed by atoms with Crippen LogP contribution in [-0.2, 0) is 14.8 Å². The van der Waals surface area contributed by atoms with Gasteiger partial charge in [0, 0.05) is 22.1 Å². The minimum Gasteiger partial charge on any atom is -0.324 e. The molecule has 1 amide bonds. The number of hydrogen-bond donors (Lipinski definition) is 1. The molecule has 3 aromatic rings. The van der Waals surface area contributed by atoms with E-state index in [1.807, 2.05) is 6.07 Å². The number of ketones is 1. The van der Waals surface area contributed by atoms with E-state index in [-0.39, 0.29) is 16.5 Å². The number of carbonyl (C=O) groups excluding carboxylic acids is 2. The summed E-state index contributed by atoms with van der Waals surface area (Å²) in [6.07, 6.45) is 1.78. The van der Waals surface area contributed by atoms with Gasteiger partial charge in [0.15, 0.2) is 5.78 Å². The molecular weight excluding hydrogens is 548 g/mol. The third-order valence-corrected chi connectivity index (χ3v) is 9.49. The molecule has 2 aromatic carbocycles. The molecule has 0 bridgehead atoms. The summed E-state index contributed by atoms with van der Waals surface area (Å²) in [4.78, 5) is 26.4. The minimum atomic E-state index is -3.87. The van der Waals surface area contributed by atoms with Crippen LogP contribution in [0.1, 0.15) is 35.2 Å². The van der Waals surface area contributed by atoms with Crippen LogP contribution in [-0.4, -0.2) is 37.0 Å². The lowest BCUT2D eigenvalue weighted by Crippen LogP contribution is -2.49. The Balaban J connectivity index is 1.63. The topological polar surface area (TPSA) is 83.6 Å². The van der Waals surface area contributed by atoms with Crippen molar-refractivity contribution in [3.8, 4) is 0 Å². The first-order valence-corrected chi connectivity index (χ1v) is 13.7. The maximum atomic E-state index is 13.3. The first-order valence-electron chi connectivity index (χ1n) is 10.2. The van der Waals surface area contributed by atoms with Crippen molar-refractivity contribution in [3.05, 3.63) is 80.6 Å². The molecule has 1 aliphatic heterocycles. The summed E-state index contributed by atoms with van der Waals surface area (Å²) in [6.45, 7) is 0.242. The van der Waals surface area contributed by atoms with Crippen molar-refractivity contribution in [3.63, 3.8) is 0 Å². The van der Waals surface area contributed by atoms with Gasteiger partial charge in [-0.05, 0) is 43.2 Å². The molecule has 1 saturated heterocycles. The normalized spacial score (nSPS) is 17.0. The van der Waals surface area contributed by atoms with Crippen molar-refractivity contribution >= 4 is 66.3 Å². The Kier molecular flexibility index (Phi) is 7.35. The van der Waals surface area contributed by atoms with Crippen LogP contribution >= 0.6 is 38.9 Å². The Bertz CT molecular complexity index is 1290. The zero-order valence-corrected chi connectivity index (χ0v) is 21.3. The van der Waals surface area contributed by atoms with Gasteiger partial charge in [-0.2, -0.15) is 4.31 Å². The van der Waals surface area contributed by atoms with Gasteiger partial charge in [0.05, 0.1) is 10.0 Å². The molecule has 1 aromatic heterocycles. The summed E-state index contributed by atoms with van der Waals surface area (Å²) in [7, 11) is -3.87. The van der Waals surface area contributed by atoms with E-state index < -0.39 is 22.0 Å². The predicted molar refractivity (Wildman–Crippen MR) is 134 cm³/mol. The minimum absolute atomic E-state index is 0.107. The van der Waals surface area contributed by atoms with Crippen LogP contribution in [0, 0.1) is 0 Å². The van der Waals surface area contributed by atoms with E-state index in [1.165, 1.54) is 16.4 Å². The second-order valence-electron chi connectivity index (χ2n) is 7.56. The van der Waals surface area contributed by atoms with Gasteiger partial charge in [-0.3, -0.25) is 9.59 Å². The first-order chi connectivity index (χ1) is 15.8. The number of carbonyl (C=O) groups is 2. The van der Waals surface area contributed by atoms with Gasteiger partial charge >= 0.3 is 0 Å². The predicted octanol–water partition coefficient (Wildman–Crippen LogP) is 5.58. The van der Waals surface area contributed by atoms with Crippen LogP contribution in [0.3, 0.4) is 0 Å². The third-order valence-electron chi connectivity index (χ3n) is 5.39. The van der Waals surface area contributed by atoms with E-state index in [9.17, 15) is 18.0 Å². The smallest absolute Gasteiger partial charge is 0.253 e. The maximum Gasteiger partial charge on any atom is 0.253 e. The average molecular weight is 568 g/mol. The van der Waals surface area contributed by atoms with Crippen molar-refractivity contribution in [2.45, 2.75) is 29.5 Å². The highest BCUT2D eigenvalue weighted by Crippen LogP contribution is 2.32. The zero-order chi connectivity index (χ0) is 23.6. The molecule has 0 aliphatic carbocycles. The molecule has 0 radical (unpaired) electrons. The molecular formula is C23H20BrClN2O4S2. The number of rotatable bonds is 6. The van der Waals surface area contributed by atoms with E-state index in [4.69, 9.17) is 11.6 Å². The Morgan fingerprint density at radius 3 is 2.52 bits per heavy atom. The van der Waals surface area contributed by atoms with Gasteiger partial charge in [0.25, 0.3) is 10.0 Å². The number of amides is 1.